The summed E-state index contributed by atoms with van der Waals surface area (Å²) in [4.78, 5) is 0. The summed E-state index contributed by atoms with van der Waals surface area (Å²) in [5, 5.41) is 10.2. The van der Waals surface area contributed by atoms with Gasteiger partial charge in [0.2, 0.25) is 0 Å². The molecule has 2 nitrogen and oxygen atoms in total. The Morgan fingerprint density at radius 2 is 1.69 bits per heavy atom. The molecule has 0 aromatic heterocycles. The van der Waals surface area contributed by atoms with E-state index in [9.17, 15) is 5.11 Å². The first-order chi connectivity index (χ1) is 12.4. The fourth-order valence-electron chi connectivity index (χ4n) is 8.85. The molecule has 0 amide bonds. The lowest BCUT2D eigenvalue weighted by Crippen LogP contribution is -2.54. The van der Waals surface area contributed by atoms with E-state index >= 15 is 0 Å². The van der Waals surface area contributed by atoms with Gasteiger partial charge in [-0.2, -0.15) is 0 Å². The van der Waals surface area contributed by atoms with Crippen LogP contribution in [0.5, 0.6) is 0 Å². The first kappa shape index (κ1) is 19.2. The molecule has 0 radical (unpaired) electrons. The fraction of sp³-hybridized carbons (Fsp3) is 1.00. The van der Waals surface area contributed by atoms with E-state index in [0.29, 0.717) is 10.8 Å². The molecule has 4 aliphatic rings. The van der Waals surface area contributed by atoms with Crippen molar-refractivity contribution in [2.45, 2.75) is 97.5 Å². The van der Waals surface area contributed by atoms with Crippen molar-refractivity contribution in [3.63, 3.8) is 0 Å². The molecule has 26 heavy (non-hydrogen) atoms. The highest BCUT2D eigenvalue weighted by Gasteiger charge is 2.60. The quantitative estimate of drug-likeness (QED) is 0.706. The molecule has 0 aromatic rings. The Bertz CT molecular complexity index is 506. The van der Waals surface area contributed by atoms with E-state index in [2.05, 4.69) is 20.8 Å². The molecule has 150 valence electrons. The van der Waals surface area contributed by atoms with Crippen molar-refractivity contribution in [3.8, 4) is 0 Å². The average molecular weight is 362 g/mol. The molecular formula is C24H43NO. The lowest BCUT2D eigenvalue weighted by Gasteiger charge is -2.61. The van der Waals surface area contributed by atoms with Crippen molar-refractivity contribution in [2.24, 2.45) is 52.1 Å². The van der Waals surface area contributed by atoms with E-state index < -0.39 is 0 Å². The Morgan fingerprint density at radius 1 is 0.962 bits per heavy atom. The molecule has 0 heterocycles. The van der Waals surface area contributed by atoms with Gasteiger partial charge in [0, 0.05) is 0 Å². The van der Waals surface area contributed by atoms with Gasteiger partial charge in [0.25, 0.3) is 0 Å². The molecule has 4 saturated carbocycles. The second kappa shape index (κ2) is 7.07. The molecular weight excluding hydrogens is 318 g/mol. The summed E-state index contributed by atoms with van der Waals surface area (Å²) < 4.78 is 0. The molecule has 4 fully saturated rings. The molecule has 0 spiro atoms. The summed E-state index contributed by atoms with van der Waals surface area (Å²) in [6.07, 6.45) is 14.6. The zero-order chi connectivity index (χ0) is 18.5. The van der Waals surface area contributed by atoms with E-state index in [0.717, 1.165) is 54.9 Å². The maximum absolute atomic E-state index is 10.2. The van der Waals surface area contributed by atoms with Gasteiger partial charge in [0.1, 0.15) is 0 Å². The number of aliphatic hydroxyl groups is 1. The lowest BCUT2D eigenvalue weighted by atomic mass is 9.44. The van der Waals surface area contributed by atoms with Crippen LogP contribution >= 0.6 is 0 Å². The first-order valence-corrected chi connectivity index (χ1v) is 11.8. The second-order valence-electron chi connectivity index (χ2n) is 11.2. The Kier molecular flexibility index (Phi) is 5.23. The van der Waals surface area contributed by atoms with E-state index in [4.69, 9.17) is 5.73 Å². The van der Waals surface area contributed by atoms with Crippen molar-refractivity contribution < 1.29 is 5.11 Å². The molecule has 0 saturated heterocycles. The van der Waals surface area contributed by atoms with Crippen LogP contribution in [0.15, 0.2) is 0 Å². The Balaban J connectivity index is 1.52. The topological polar surface area (TPSA) is 46.2 Å². The molecule has 0 aliphatic heterocycles. The zero-order valence-electron chi connectivity index (χ0n) is 17.6. The normalized spacial score (nSPS) is 52.0. The van der Waals surface area contributed by atoms with E-state index in [1.54, 1.807) is 0 Å². The Labute approximate surface area is 161 Å². The predicted molar refractivity (Wildman–Crippen MR) is 109 cm³/mol. The van der Waals surface area contributed by atoms with Gasteiger partial charge in [-0.05, 0) is 124 Å². The summed E-state index contributed by atoms with van der Waals surface area (Å²) in [6, 6.07) is 0. The fourth-order valence-corrected chi connectivity index (χ4v) is 8.85. The lowest BCUT2D eigenvalue weighted by molar-refractivity contribution is -0.129. The minimum Gasteiger partial charge on any atom is -0.393 e. The highest BCUT2D eigenvalue weighted by molar-refractivity contribution is 5.09. The average Bonchev–Trinajstić information content (AvgIpc) is 2.97. The minimum atomic E-state index is -0.0160. The van der Waals surface area contributed by atoms with Crippen LogP contribution in [0.1, 0.15) is 91.4 Å². The van der Waals surface area contributed by atoms with E-state index in [1.807, 2.05) is 0 Å². The first-order valence-electron chi connectivity index (χ1n) is 11.8. The van der Waals surface area contributed by atoms with Gasteiger partial charge in [-0.15, -0.1) is 0 Å². The highest BCUT2D eigenvalue weighted by Crippen LogP contribution is 2.68. The van der Waals surface area contributed by atoms with Crippen molar-refractivity contribution in [3.05, 3.63) is 0 Å². The van der Waals surface area contributed by atoms with E-state index in [1.165, 1.54) is 57.8 Å². The largest absolute Gasteiger partial charge is 0.393 e. The van der Waals surface area contributed by atoms with Gasteiger partial charge in [0.05, 0.1) is 6.10 Å². The van der Waals surface area contributed by atoms with Gasteiger partial charge in [-0.1, -0.05) is 20.8 Å². The number of nitrogens with two attached hydrogens (primary N) is 1. The van der Waals surface area contributed by atoms with Crippen molar-refractivity contribution in [1.82, 2.24) is 0 Å². The van der Waals surface area contributed by atoms with Gasteiger partial charge in [-0.3, -0.25) is 0 Å². The summed E-state index contributed by atoms with van der Waals surface area (Å²) in [5.41, 5.74) is 6.91. The van der Waals surface area contributed by atoms with Crippen LogP contribution in [-0.2, 0) is 0 Å². The monoisotopic (exact) mass is 361 g/mol. The van der Waals surface area contributed by atoms with Crippen LogP contribution in [0.25, 0.3) is 0 Å². The summed E-state index contributed by atoms with van der Waals surface area (Å²) >= 11 is 0. The number of aliphatic hydroxyl groups excluding tert-OH is 1. The maximum atomic E-state index is 10.2. The molecule has 2 unspecified atom stereocenters. The third-order valence-corrected chi connectivity index (χ3v) is 10.3. The summed E-state index contributed by atoms with van der Waals surface area (Å²) in [5.74, 6) is 5.44. The molecule has 0 aromatic carbocycles. The van der Waals surface area contributed by atoms with Gasteiger partial charge in [-0.25, -0.2) is 0 Å². The smallest absolute Gasteiger partial charge is 0.0543 e. The minimum absolute atomic E-state index is 0.0160. The Hall–Kier alpha value is -0.0800. The molecule has 4 rings (SSSR count). The van der Waals surface area contributed by atoms with Gasteiger partial charge < -0.3 is 10.8 Å². The molecule has 9 atom stereocenters. The molecule has 3 N–H and O–H groups in total. The summed E-state index contributed by atoms with van der Waals surface area (Å²) in [7, 11) is 0. The van der Waals surface area contributed by atoms with Crippen molar-refractivity contribution >= 4 is 0 Å². The number of rotatable bonds is 4. The highest BCUT2D eigenvalue weighted by atomic mass is 16.3. The molecule has 0 bridgehead atoms. The third-order valence-electron chi connectivity index (χ3n) is 10.3. The van der Waals surface area contributed by atoms with Gasteiger partial charge in [0.15, 0.2) is 0 Å². The van der Waals surface area contributed by atoms with Crippen LogP contribution in [-0.4, -0.2) is 17.8 Å². The number of fused-ring (bicyclic) bond motifs is 5. The second-order valence-corrected chi connectivity index (χ2v) is 11.2. The molecule has 2 heteroatoms. The third kappa shape index (κ3) is 2.89. The van der Waals surface area contributed by atoms with Crippen molar-refractivity contribution in [1.29, 1.82) is 0 Å². The van der Waals surface area contributed by atoms with Crippen LogP contribution < -0.4 is 5.73 Å². The van der Waals surface area contributed by atoms with Crippen molar-refractivity contribution in [2.75, 3.05) is 6.54 Å². The molecule has 4 aliphatic carbocycles. The summed E-state index contributed by atoms with van der Waals surface area (Å²) in [6.45, 7) is 8.65. The number of hydrogen-bond acceptors (Lipinski definition) is 2. The SMILES string of the molecule is C[C@H](CCCN)[C@H]1CC[C@H]2[C@@H]3CCC4CC(O)CC[C@]4(C)[C@H]3CC[C@]12C. The van der Waals surface area contributed by atoms with Crippen LogP contribution in [0, 0.1) is 46.3 Å². The Morgan fingerprint density at radius 3 is 2.46 bits per heavy atom. The zero-order valence-corrected chi connectivity index (χ0v) is 17.6. The standard InChI is InChI=1S/C24H43NO/c1-16(5-4-14-25)20-8-9-21-19-7-6-17-15-18(26)10-12-23(17,2)22(19)11-13-24(20,21)3/h16-22,26H,4-15,25H2,1-3H3/t16-,17?,18?,19+,20-,21+,22+,23+,24-/m1/s1. The predicted octanol–water partition coefficient (Wildman–Crippen LogP) is 5.38. The van der Waals surface area contributed by atoms with Crippen LogP contribution in [0.2, 0.25) is 0 Å². The van der Waals surface area contributed by atoms with Gasteiger partial charge >= 0.3 is 0 Å². The number of hydrogen-bond donors (Lipinski definition) is 2. The van der Waals surface area contributed by atoms with Crippen LogP contribution in [0.3, 0.4) is 0 Å². The van der Waals surface area contributed by atoms with Crippen LogP contribution in [0.4, 0.5) is 0 Å². The van der Waals surface area contributed by atoms with E-state index in [-0.39, 0.29) is 6.10 Å². The maximum Gasteiger partial charge on any atom is 0.0543 e.